The molecule has 1 unspecified atom stereocenters. The van der Waals surface area contributed by atoms with Gasteiger partial charge in [0, 0.05) is 19.2 Å². The summed E-state index contributed by atoms with van der Waals surface area (Å²) in [6.45, 7) is 2.26. The molecule has 3 atom stereocenters. The number of carbonyl (C=O) groups excluding carboxylic acids is 1. The highest BCUT2D eigenvalue weighted by Gasteiger charge is 2.42. The number of rotatable bonds is 4. The molecule has 1 aliphatic rings. The monoisotopic (exact) mass is 291 g/mol. The predicted molar refractivity (Wildman–Crippen MR) is 77.6 cm³/mol. The summed E-state index contributed by atoms with van der Waals surface area (Å²) in [4.78, 5) is 25.3. The molecular weight excluding hydrogens is 270 g/mol. The molecular formula is C16H21NO4. The minimum Gasteiger partial charge on any atom is -0.508 e. The zero-order valence-electron chi connectivity index (χ0n) is 12.3. The maximum Gasteiger partial charge on any atom is 0.307 e. The molecule has 1 amide bonds. The third-order valence-corrected chi connectivity index (χ3v) is 4.21. The molecule has 0 bridgehead atoms. The molecule has 0 saturated heterocycles. The molecule has 5 nitrogen and oxygen atoms in total. The number of carbonyl (C=O) groups is 2. The van der Waals surface area contributed by atoms with Crippen LogP contribution in [0.3, 0.4) is 0 Å². The minimum absolute atomic E-state index is 0.145. The molecule has 21 heavy (non-hydrogen) atoms. The third-order valence-electron chi connectivity index (χ3n) is 4.21. The zero-order valence-corrected chi connectivity index (χ0v) is 12.3. The molecule has 2 rings (SSSR count). The Kier molecular flexibility index (Phi) is 4.50. The van der Waals surface area contributed by atoms with E-state index in [9.17, 15) is 19.8 Å². The van der Waals surface area contributed by atoms with Crippen molar-refractivity contribution in [2.45, 2.75) is 26.3 Å². The number of benzene rings is 1. The van der Waals surface area contributed by atoms with Gasteiger partial charge in [0.25, 0.3) is 0 Å². The fourth-order valence-corrected chi connectivity index (χ4v) is 3.10. The second-order valence-corrected chi connectivity index (χ2v) is 5.95. The highest BCUT2D eigenvalue weighted by molar-refractivity contribution is 5.85. The molecule has 2 N–H and O–H groups in total. The van der Waals surface area contributed by atoms with E-state index >= 15 is 0 Å². The molecule has 1 fully saturated rings. The predicted octanol–water partition coefficient (Wildman–Crippen LogP) is 2.10. The Hall–Kier alpha value is -2.04. The van der Waals surface area contributed by atoms with Gasteiger partial charge in [-0.25, -0.2) is 0 Å². The Morgan fingerprint density at radius 3 is 2.48 bits per heavy atom. The van der Waals surface area contributed by atoms with E-state index in [1.807, 2.05) is 6.92 Å². The summed E-state index contributed by atoms with van der Waals surface area (Å²) in [6, 6.07) is 6.85. The van der Waals surface area contributed by atoms with E-state index in [2.05, 4.69) is 0 Å². The summed E-state index contributed by atoms with van der Waals surface area (Å²) in [6.07, 6.45) is 1.16. The van der Waals surface area contributed by atoms with Gasteiger partial charge in [-0.15, -0.1) is 0 Å². The number of aliphatic carboxylic acids is 1. The first kappa shape index (κ1) is 15.4. The summed E-state index contributed by atoms with van der Waals surface area (Å²) in [7, 11) is 1.65. The number of carboxylic acids is 1. The topological polar surface area (TPSA) is 77.8 Å². The largest absolute Gasteiger partial charge is 0.508 e. The Balaban J connectivity index is 2.08. The highest BCUT2D eigenvalue weighted by Crippen LogP contribution is 2.37. The van der Waals surface area contributed by atoms with E-state index in [1.54, 1.807) is 31.3 Å². The first-order valence-electron chi connectivity index (χ1n) is 7.14. The Morgan fingerprint density at radius 1 is 1.24 bits per heavy atom. The fourth-order valence-electron chi connectivity index (χ4n) is 3.10. The van der Waals surface area contributed by atoms with Crippen molar-refractivity contribution >= 4 is 11.9 Å². The quantitative estimate of drug-likeness (QED) is 0.890. The Bertz CT molecular complexity index is 543. The maximum atomic E-state index is 12.5. The molecule has 1 aromatic rings. The molecule has 1 saturated carbocycles. The first-order valence-corrected chi connectivity index (χ1v) is 7.14. The maximum absolute atomic E-state index is 12.5. The number of para-hydroxylation sites is 1. The van der Waals surface area contributed by atoms with Crippen molar-refractivity contribution < 1.29 is 19.8 Å². The van der Waals surface area contributed by atoms with Crippen LogP contribution in [0.1, 0.15) is 25.3 Å². The summed E-state index contributed by atoms with van der Waals surface area (Å²) < 4.78 is 0. The average molecular weight is 291 g/mol. The molecule has 0 heterocycles. The zero-order chi connectivity index (χ0) is 15.6. The van der Waals surface area contributed by atoms with Crippen LogP contribution in [0.15, 0.2) is 24.3 Å². The van der Waals surface area contributed by atoms with Gasteiger partial charge in [0.15, 0.2) is 0 Å². The van der Waals surface area contributed by atoms with E-state index in [-0.39, 0.29) is 24.1 Å². The fraction of sp³-hybridized carbons (Fsp3) is 0.500. The van der Waals surface area contributed by atoms with E-state index in [0.717, 1.165) is 0 Å². The third kappa shape index (κ3) is 3.35. The summed E-state index contributed by atoms with van der Waals surface area (Å²) in [5.41, 5.74) is 0.659. The van der Waals surface area contributed by atoms with Gasteiger partial charge in [0.05, 0.1) is 11.8 Å². The van der Waals surface area contributed by atoms with Crippen molar-refractivity contribution in [1.29, 1.82) is 0 Å². The Morgan fingerprint density at radius 2 is 1.86 bits per heavy atom. The second kappa shape index (κ2) is 6.16. The Labute approximate surface area is 124 Å². The summed E-state index contributed by atoms with van der Waals surface area (Å²) in [5, 5.41) is 19.0. The number of phenols is 1. The van der Waals surface area contributed by atoms with Gasteiger partial charge in [0.2, 0.25) is 5.91 Å². The molecule has 0 aliphatic heterocycles. The SMILES string of the molecule is CC1C[C@H](C(=O)N(C)Cc2ccccc2O)[C@H](C(=O)O)C1. The van der Waals surface area contributed by atoms with Crippen LogP contribution in [0.4, 0.5) is 0 Å². The van der Waals surface area contributed by atoms with Gasteiger partial charge in [-0.3, -0.25) is 9.59 Å². The highest BCUT2D eigenvalue weighted by atomic mass is 16.4. The molecule has 0 aromatic heterocycles. The molecule has 0 radical (unpaired) electrons. The lowest BCUT2D eigenvalue weighted by Gasteiger charge is -2.23. The second-order valence-electron chi connectivity index (χ2n) is 5.95. The number of amides is 1. The van der Waals surface area contributed by atoms with Gasteiger partial charge in [-0.05, 0) is 24.8 Å². The molecule has 114 valence electrons. The van der Waals surface area contributed by atoms with Crippen molar-refractivity contribution in [2.75, 3.05) is 7.05 Å². The van der Waals surface area contributed by atoms with Gasteiger partial charge < -0.3 is 15.1 Å². The summed E-state index contributed by atoms with van der Waals surface area (Å²) in [5.74, 6) is -1.72. The van der Waals surface area contributed by atoms with Crippen LogP contribution in [0, 0.1) is 17.8 Å². The number of carboxylic acid groups (broad SMARTS) is 1. The van der Waals surface area contributed by atoms with Crippen LogP contribution < -0.4 is 0 Å². The first-order chi connectivity index (χ1) is 9.90. The van der Waals surface area contributed by atoms with Crippen LogP contribution in [-0.4, -0.2) is 34.0 Å². The number of hydrogen-bond donors (Lipinski definition) is 2. The smallest absolute Gasteiger partial charge is 0.307 e. The average Bonchev–Trinajstić information content (AvgIpc) is 2.82. The van der Waals surface area contributed by atoms with Gasteiger partial charge in [-0.2, -0.15) is 0 Å². The van der Waals surface area contributed by atoms with Crippen LogP contribution in [0.2, 0.25) is 0 Å². The normalized spacial score (nSPS) is 24.8. The minimum atomic E-state index is -0.895. The van der Waals surface area contributed by atoms with Crippen molar-refractivity contribution in [2.24, 2.45) is 17.8 Å². The van der Waals surface area contributed by atoms with Gasteiger partial charge in [0.1, 0.15) is 5.75 Å². The van der Waals surface area contributed by atoms with Crippen molar-refractivity contribution in [3.63, 3.8) is 0 Å². The standard InChI is InChI=1S/C16H21NO4/c1-10-7-12(13(8-10)16(20)21)15(19)17(2)9-11-5-3-4-6-14(11)18/h3-6,10,12-13,18H,7-9H2,1-2H3,(H,20,21)/t10?,12-,13+/m0/s1. The number of aromatic hydroxyl groups is 1. The van der Waals surface area contributed by atoms with Crippen LogP contribution >= 0.6 is 0 Å². The molecule has 1 aliphatic carbocycles. The number of nitrogens with zero attached hydrogens (tertiary/aromatic N) is 1. The van der Waals surface area contributed by atoms with Crippen LogP contribution in [-0.2, 0) is 16.1 Å². The summed E-state index contributed by atoms with van der Waals surface area (Å²) >= 11 is 0. The van der Waals surface area contributed by atoms with E-state index in [0.29, 0.717) is 18.4 Å². The van der Waals surface area contributed by atoms with Crippen molar-refractivity contribution in [1.82, 2.24) is 4.90 Å². The van der Waals surface area contributed by atoms with E-state index in [4.69, 9.17) is 0 Å². The van der Waals surface area contributed by atoms with Crippen molar-refractivity contribution in [3.8, 4) is 5.75 Å². The number of phenolic OH excluding ortho intramolecular Hbond substituents is 1. The molecule has 0 spiro atoms. The molecule has 5 heteroatoms. The van der Waals surface area contributed by atoms with E-state index in [1.165, 1.54) is 4.90 Å². The molecule has 1 aromatic carbocycles. The van der Waals surface area contributed by atoms with Crippen LogP contribution in [0.25, 0.3) is 0 Å². The van der Waals surface area contributed by atoms with E-state index < -0.39 is 17.8 Å². The van der Waals surface area contributed by atoms with Gasteiger partial charge in [-0.1, -0.05) is 25.1 Å². The number of hydrogen-bond acceptors (Lipinski definition) is 3. The lowest BCUT2D eigenvalue weighted by atomic mass is 9.94. The van der Waals surface area contributed by atoms with Gasteiger partial charge >= 0.3 is 5.97 Å². The lowest BCUT2D eigenvalue weighted by Crippen LogP contribution is -2.36. The van der Waals surface area contributed by atoms with Crippen LogP contribution in [0.5, 0.6) is 5.75 Å². The lowest BCUT2D eigenvalue weighted by molar-refractivity contribution is -0.148. The van der Waals surface area contributed by atoms with Crippen molar-refractivity contribution in [3.05, 3.63) is 29.8 Å².